The molecule has 1 aromatic carbocycles. The maximum atomic E-state index is 13.7. The molecule has 0 unspecified atom stereocenters. The van der Waals surface area contributed by atoms with Gasteiger partial charge in [-0.1, -0.05) is 6.07 Å². The predicted molar refractivity (Wildman–Crippen MR) is 90.7 cm³/mol. The van der Waals surface area contributed by atoms with Gasteiger partial charge in [0.25, 0.3) is 5.91 Å². The minimum Gasteiger partial charge on any atom is -0.318 e. The summed E-state index contributed by atoms with van der Waals surface area (Å²) in [5, 5.41) is 6.06. The summed E-state index contributed by atoms with van der Waals surface area (Å²) in [5.74, 6) is -2.00. The molecule has 3 heterocycles. The first-order chi connectivity index (χ1) is 11.6. The zero-order valence-corrected chi connectivity index (χ0v) is 13.6. The van der Waals surface area contributed by atoms with Gasteiger partial charge in [0.2, 0.25) is 0 Å². The number of carbonyl (C=O) groups excluding carboxylic acids is 1. The Balaban J connectivity index is 1.67. The zero-order valence-electron chi connectivity index (χ0n) is 12.0. The number of anilines is 1. The average Bonchev–Trinajstić information content (AvgIpc) is 3.24. The molecular formula is C16H9F2N3OS2. The number of aromatic nitrogens is 2. The quantitative estimate of drug-likeness (QED) is 0.577. The highest BCUT2D eigenvalue weighted by Crippen LogP contribution is 2.27. The predicted octanol–water partition coefficient (Wildman–Crippen LogP) is 4.65. The maximum Gasteiger partial charge on any atom is 0.273 e. The van der Waals surface area contributed by atoms with Crippen LogP contribution in [0.15, 0.2) is 47.3 Å². The smallest absolute Gasteiger partial charge is 0.273 e. The highest BCUT2D eigenvalue weighted by atomic mass is 32.1. The Morgan fingerprint density at radius 3 is 2.83 bits per heavy atom. The molecule has 0 atom stereocenters. The molecule has 0 fully saturated rings. The zero-order chi connectivity index (χ0) is 16.7. The Bertz CT molecular complexity index is 1040. The van der Waals surface area contributed by atoms with E-state index in [4.69, 9.17) is 0 Å². The Hall–Kier alpha value is -2.58. The number of thiazole rings is 1. The van der Waals surface area contributed by atoms with Gasteiger partial charge in [0.15, 0.2) is 4.96 Å². The van der Waals surface area contributed by atoms with Crippen LogP contribution in [-0.4, -0.2) is 15.3 Å². The third-order valence-electron chi connectivity index (χ3n) is 3.39. The van der Waals surface area contributed by atoms with Crippen LogP contribution in [0.5, 0.6) is 0 Å². The number of nitrogens with one attached hydrogen (secondary N) is 1. The van der Waals surface area contributed by atoms with E-state index in [9.17, 15) is 13.6 Å². The molecule has 0 bridgehead atoms. The molecule has 0 radical (unpaired) electrons. The molecule has 1 amide bonds. The second-order valence-electron chi connectivity index (χ2n) is 4.96. The number of hydrogen-bond donors (Lipinski definition) is 1. The molecule has 0 saturated heterocycles. The van der Waals surface area contributed by atoms with Crippen LogP contribution in [0.1, 0.15) is 10.5 Å². The van der Waals surface area contributed by atoms with Crippen molar-refractivity contribution in [3.05, 3.63) is 64.6 Å². The third-order valence-corrected chi connectivity index (χ3v) is 5.13. The summed E-state index contributed by atoms with van der Waals surface area (Å²) in [6, 6.07) is 6.89. The monoisotopic (exact) mass is 361 g/mol. The molecule has 4 nitrogen and oxygen atoms in total. The van der Waals surface area contributed by atoms with E-state index in [1.165, 1.54) is 17.4 Å². The summed E-state index contributed by atoms with van der Waals surface area (Å²) in [5.41, 5.74) is 1.05. The summed E-state index contributed by atoms with van der Waals surface area (Å²) in [6.45, 7) is 0. The van der Waals surface area contributed by atoms with E-state index in [1.807, 2.05) is 17.5 Å². The lowest BCUT2D eigenvalue weighted by Gasteiger charge is -2.05. The number of benzene rings is 1. The van der Waals surface area contributed by atoms with E-state index in [2.05, 4.69) is 10.3 Å². The summed E-state index contributed by atoms with van der Waals surface area (Å²) in [7, 11) is 0. The van der Waals surface area contributed by atoms with Crippen LogP contribution in [-0.2, 0) is 0 Å². The van der Waals surface area contributed by atoms with Gasteiger partial charge in [0.1, 0.15) is 23.0 Å². The third kappa shape index (κ3) is 2.59. The van der Waals surface area contributed by atoms with Crippen molar-refractivity contribution >= 4 is 39.2 Å². The van der Waals surface area contributed by atoms with E-state index < -0.39 is 17.5 Å². The lowest BCUT2D eigenvalue weighted by molar-refractivity contribution is 0.102. The van der Waals surface area contributed by atoms with Crippen LogP contribution in [0, 0.1) is 11.6 Å². The molecule has 120 valence electrons. The summed E-state index contributed by atoms with van der Waals surface area (Å²) < 4.78 is 28.3. The topological polar surface area (TPSA) is 46.4 Å². The maximum absolute atomic E-state index is 13.7. The minimum absolute atomic E-state index is 0.0701. The Labute approximate surface area is 143 Å². The van der Waals surface area contributed by atoms with E-state index in [0.717, 1.165) is 22.7 Å². The number of thiophene rings is 1. The van der Waals surface area contributed by atoms with Gasteiger partial charge in [-0.3, -0.25) is 9.20 Å². The van der Waals surface area contributed by atoms with Gasteiger partial charge in [0.05, 0.1) is 10.6 Å². The van der Waals surface area contributed by atoms with Crippen molar-refractivity contribution in [2.45, 2.75) is 0 Å². The minimum atomic E-state index is -0.820. The fraction of sp³-hybridized carbons (Fsp3) is 0. The molecule has 3 aromatic heterocycles. The Kier molecular flexibility index (Phi) is 3.62. The first kappa shape index (κ1) is 15.0. The Morgan fingerprint density at radius 1 is 1.21 bits per heavy atom. The summed E-state index contributed by atoms with van der Waals surface area (Å²) in [4.78, 5) is 18.6. The molecule has 1 N–H and O–H groups in total. The van der Waals surface area contributed by atoms with E-state index in [0.29, 0.717) is 10.7 Å². The van der Waals surface area contributed by atoms with Crippen molar-refractivity contribution in [3.8, 4) is 10.6 Å². The number of imidazole rings is 1. The van der Waals surface area contributed by atoms with E-state index >= 15 is 0 Å². The molecule has 0 saturated carbocycles. The number of nitrogens with zero attached hydrogens (tertiary/aromatic N) is 2. The fourth-order valence-corrected chi connectivity index (χ4v) is 3.80. The molecule has 0 aliphatic rings. The second kappa shape index (κ2) is 5.81. The molecule has 8 heteroatoms. The highest BCUT2D eigenvalue weighted by molar-refractivity contribution is 7.15. The number of fused-ring (bicyclic) bond motifs is 1. The van der Waals surface area contributed by atoms with Crippen LogP contribution in [0.2, 0.25) is 0 Å². The Morgan fingerprint density at radius 2 is 2.08 bits per heavy atom. The number of halogens is 2. The number of rotatable bonds is 3. The average molecular weight is 361 g/mol. The van der Waals surface area contributed by atoms with Gasteiger partial charge in [-0.15, -0.1) is 22.7 Å². The van der Waals surface area contributed by atoms with E-state index in [1.54, 1.807) is 27.3 Å². The summed E-state index contributed by atoms with van der Waals surface area (Å²) >= 11 is 2.88. The van der Waals surface area contributed by atoms with Crippen LogP contribution < -0.4 is 5.32 Å². The largest absolute Gasteiger partial charge is 0.318 e. The van der Waals surface area contributed by atoms with Crippen molar-refractivity contribution in [1.82, 2.24) is 9.38 Å². The van der Waals surface area contributed by atoms with Gasteiger partial charge in [-0.05, 0) is 23.6 Å². The van der Waals surface area contributed by atoms with Gasteiger partial charge in [-0.25, -0.2) is 13.8 Å². The van der Waals surface area contributed by atoms with Crippen LogP contribution in [0.3, 0.4) is 0 Å². The fourth-order valence-electron chi connectivity index (χ4n) is 2.27. The van der Waals surface area contributed by atoms with Crippen LogP contribution in [0.4, 0.5) is 14.5 Å². The SMILES string of the molecule is O=C(Nc1ccc(F)cc1F)c1csc2nc(-c3cccs3)cn12. The van der Waals surface area contributed by atoms with Gasteiger partial charge in [-0.2, -0.15) is 0 Å². The molecule has 24 heavy (non-hydrogen) atoms. The van der Waals surface area contributed by atoms with E-state index in [-0.39, 0.29) is 5.69 Å². The van der Waals surface area contributed by atoms with Crippen molar-refractivity contribution in [2.75, 3.05) is 5.32 Å². The lowest BCUT2D eigenvalue weighted by atomic mass is 10.3. The first-order valence-electron chi connectivity index (χ1n) is 6.89. The van der Waals surface area contributed by atoms with Crippen molar-refractivity contribution in [3.63, 3.8) is 0 Å². The highest BCUT2D eigenvalue weighted by Gasteiger charge is 2.17. The molecule has 4 aromatic rings. The molecule has 0 aliphatic heterocycles. The lowest BCUT2D eigenvalue weighted by Crippen LogP contribution is -2.14. The van der Waals surface area contributed by atoms with Crippen LogP contribution >= 0.6 is 22.7 Å². The van der Waals surface area contributed by atoms with Crippen molar-refractivity contribution < 1.29 is 13.6 Å². The van der Waals surface area contributed by atoms with Gasteiger partial charge >= 0.3 is 0 Å². The molecule has 0 aliphatic carbocycles. The second-order valence-corrected chi connectivity index (χ2v) is 6.74. The molecular weight excluding hydrogens is 352 g/mol. The number of amides is 1. The standard InChI is InChI=1S/C16H9F2N3OS2/c17-9-3-4-11(10(18)6-9)19-15(22)13-8-24-16-20-12(7-21(13)16)14-2-1-5-23-14/h1-8H,(H,19,22). The first-order valence-corrected chi connectivity index (χ1v) is 8.64. The van der Waals surface area contributed by atoms with Crippen molar-refractivity contribution in [1.29, 1.82) is 0 Å². The van der Waals surface area contributed by atoms with Crippen LogP contribution in [0.25, 0.3) is 15.5 Å². The van der Waals surface area contributed by atoms with Gasteiger partial charge in [0, 0.05) is 17.6 Å². The van der Waals surface area contributed by atoms with Gasteiger partial charge < -0.3 is 5.32 Å². The number of hydrogen-bond acceptors (Lipinski definition) is 4. The number of carbonyl (C=O) groups is 1. The molecule has 4 rings (SSSR count). The normalized spacial score (nSPS) is 11.1. The van der Waals surface area contributed by atoms with Crippen molar-refractivity contribution in [2.24, 2.45) is 0 Å². The molecule has 0 spiro atoms. The summed E-state index contributed by atoms with van der Waals surface area (Å²) in [6.07, 6.45) is 1.77.